The van der Waals surface area contributed by atoms with E-state index in [1.165, 1.54) is 36.4 Å². The summed E-state index contributed by atoms with van der Waals surface area (Å²) in [6, 6.07) is 14.9. The summed E-state index contributed by atoms with van der Waals surface area (Å²) in [6.45, 7) is 18.3. The molecule has 32 heavy (non-hydrogen) atoms. The van der Waals surface area contributed by atoms with Crippen molar-refractivity contribution in [3.63, 3.8) is 0 Å². The van der Waals surface area contributed by atoms with Crippen LogP contribution in [0.1, 0.15) is 16.7 Å². The summed E-state index contributed by atoms with van der Waals surface area (Å²) >= 11 is 0. The summed E-state index contributed by atoms with van der Waals surface area (Å²) < 4.78 is 54.1. The molecule has 0 saturated heterocycles. The van der Waals surface area contributed by atoms with E-state index < -0.39 is 25.6 Å². The van der Waals surface area contributed by atoms with Gasteiger partial charge in [-0.25, -0.2) is 16.8 Å². The van der Waals surface area contributed by atoms with E-state index in [0.29, 0.717) is 0 Å². The van der Waals surface area contributed by atoms with Crippen LogP contribution in [-0.4, -0.2) is 16.8 Å². The van der Waals surface area contributed by atoms with Crippen LogP contribution in [0.15, 0.2) is 70.5 Å². The number of hydrogen-bond donors (Lipinski definition) is 1. The first-order valence-electron chi connectivity index (χ1n) is 9.36. The van der Waals surface area contributed by atoms with Crippen LogP contribution >= 0.6 is 0 Å². The zero-order valence-electron chi connectivity index (χ0n) is 17.3. The molecule has 0 aromatic heterocycles. The fourth-order valence-electron chi connectivity index (χ4n) is 2.97. The van der Waals surface area contributed by atoms with Crippen LogP contribution in [0.5, 0.6) is 0 Å². The van der Waals surface area contributed by atoms with E-state index in [-0.39, 0.29) is 32.4 Å². The monoisotopic (exact) mass is 465 g/mol. The van der Waals surface area contributed by atoms with Crippen LogP contribution in [0, 0.1) is 27.0 Å². The number of sulfonamides is 1. The molecule has 9 heteroatoms. The van der Waals surface area contributed by atoms with Gasteiger partial charge < -0.3 is 0 Å². The highest BCUT2D eigenvalue weighted by atomic mass is 32.2. The number of nitrogens with one attached hydrogen (secondary N) is 1. The second kappa shape index (κ2) is 8.83. The van der Waals surface area contributed by atoms with Crippen molar-refractivity contribution in [2.75, 3.05) is 4.72 Å². The van der Waals surface area contributed by atoms with Crippen LogP contribution in [0.3, 0.4) is 0 Å². The maximum atomic E-state index is 13.0. The van der Waals surface area contributed by atoms with E-state index >= 15 is 0 Å². The molecule has 3 aromatic rings. The molecule has 0 aliphatic rings. The van der Waals surface area contributed by atoms with E-state index in [9.17, 15) is 16.8 Å². The van der Waals surface area contributed by atoms with Crippen molar-refractivity contribution in [2.45, 2.75) is 29.4 Å². The lowest BCUT2D eigenvalue weighted by atomic mass is 10.1. The molecular formula is C23H19N3O4S2. The third-order valence-corrected chi connectivity index (χ3v) is 7.81. The standard InChI is InChI=1S/C23H19N3O4S2/c1-16-5-9-19(10-6-16)31(27,28)15-18-13-22(24-3)23(25-4)14-21(18)26-32(29,30)20-11-7-17(2)8-12-20/h5-14,26H,15H2,1-2H3. The minimum Gasteiger partial charge on any atom is -0.281 e. The number of benzene rings is 3. The molecule has 1 N–H and O–H groups in total. The highest BCUT2D eigenvalue weighted by Crippen LogP contribution is 2.36. The zero-order chi connectivity index (χ0) is 23.5. The fraction of sp³-hybridized carbons (Fsp3) is 0.130. The molecule has 7 nitrogen and oxygen atoms in total. The molecule has 0 radical (unpaired) electrons. The molecule has 3 aromatic carbocycles. The van der Waals surface area contributed by atoms with Crippen molar-refractivity contribution in [1.29, 1.82) is 0 Å². The average Bonchev–Trinajstić information content (AvgIpc) is 2.74. The third kappa shape index (κ3) is 4.97. The number of hydrogen-bond acceptors (Lipinski definition) is 4. The Morgan fingerprint density at radius 1 is 0.750 bits per heavy atom. The van der Waals surface area contributed by atoms with E-state index in [1.807, 2.05) is 13.8 Å². The highest BCUT2D eigenvalue weighted by molar-refractivity contribution is 7.92. The number of nitrogens with zero attached hydrogens (tertiary/aromatic N) is 2. The Hall–Kier alpha value is -3.66. The van der Waals surface area contributed by atoms with E-state index in [1.54, 1.807) is 24.3 Å². The molecular weight excluding hydrogens is 446 g/mol. The SMILES string of the molecule is [C-]#[N+]c1cc(CS(=O)(=O)c2ccc(C)cc2)c(NS(=O)(=O)c2ccc(C)cc2)cc1[N+]#[C-]. The van der Waals surface area contributed by atoms with Gasteiger partial charge in [0.05, 0.1) is 28.7 Å². The normalized spacial score (nSPS) is 11.4. The number of aryl methyl sites for hydroxylation is 2. The van der Waals surface area contributed by atoms with Crippen molar-refractivity contribution in [3.8, 4) is 0 Å². The molecule has 3 rings (SSSR count). The first-order valence-corrected chi connectivity index (χ1v) is 12.5. The Morgan fingerprint density at radius 2 is 1.22 bits per heavy atom. The molecule has 0 amide bonds. The van der Waals surface area contributed by atoms with Gasteiger partial charge in [-0.2, -0.15) is 0 Å². The van der Waals surface area contributed by atoms with Crippen molar-refractivity contribution < 1.29 is 16.8 Å². The Morgan fingerprint density at radius 3 is 1.72 bits per heavy atom. The molecule has 0 bridgehead atoms. The van der Waals surface area contributed by atoms with Gasteiger partial charge in [0.2, 0.25) is 0 Å². The number of anilines is 1. The molecule has 0 spiro atoms. The van der Waals surface area contributed by atoms with Gasteiger partial charge in [0.1, 0.15) is 0 Å². The number of sulfone groups is 1. The predicted molar refractivity (Wildman–Crippen MR) is 123 cm³/mol. The van der Waals surface area contributed by atoms with Gasteiger partial charge in [-0.05, 0) is 49.7 Å². The molecule has 0 unspecified atom stereocenters. The largest absolute Gasteiger partial charge is 0.281 e. The topological polar surface area (TPSA) is 89.0 Å². The fourth-order valence-corrected chi connectivity index (χ4v) is 5.43. The van der Waals surface area contributed by atoms with Gasteiger partial charge in [-0.15, -0.1) is 0 Å². The smallest absolute Gasteiger partial charge is 0.261 e. The van der Waals surface area contributed by atoms with Gasteiger partial charge in [0.15, 0.2) is 21.2 Å². The van der Waals surface area contributed by atoms with Gasteiger partial charge in [0, 0.05) is 5.69 Å². The van der Waals surface area contributed by atoms with Crippen LogP contribution in [-0.2, 0) is 25.6 Å². The molecule has 0 fully saturated rings. The number of rotatable bonds is 6. The predicted octanol–water partition coefficient (Wildman–Crippen LogP) is 5.18. The Bertz CT molecular complexity index is 1350. The summed E-state index contributed by atoms with van der Waals surface area (Å²) in [4.78, 5) is 6.63. The van der Waals surface area contributed by atoms with Crippen LogP contribution in [0.25, 0.3) is 9.69 Å². The maximum absolute atomic E-state index is 13.0. The minimum absolute atomic E-state index is 0.00550. The first-order chi connectivity index (χ1) is 15.1. The summed E-state index contributed by atoms with van der Waals surface area (Å²) in [6.07, 6.45) is 0. The lowest BCUT2D eigenvalue weighted by molar-refractivity contribution is 0.594. The summed E-state index contributed by atoms with van der Waals surface area (Å²) in [5, 5.41) is 0. The molecule has 162 valence electrons. The van der Waals surface area contributed by atoms with Crippen molar-refractivity contribution in [1.82, 2.24) is 0 Å². The summed E-state index contributed by atoms with van der Waals surface area (Å²) in [5.74, 6) is -0.539. The first kappa shape index (κ1) is 23.0. The van der Waals surface area contributed by atoms with Crippen LogP contribution in [0.4, 0.5) is 17.1 Å². The molecule has 0 saturated carbocycles. The molecule has 0 atom stereocenters. The Balaban J connectivity index is 2.09. The lowest BCUT2D eigenvalue weighted by Crippen LogP contribution is -2.15. The maximum Gasteiger partial charge on any atom is 0.261 e. The van der Waals surface area contributed by atoms with Gasteiger partial charge in [0.25, 0.3) is 10.0 Å². The van der Waals surface area contributed by atoms with Crippen LogP contribution in [0.2, 0.25) is 0 Å². The van der Waals surface area contributed by atoms with Crippen molar-refractivity contribution >= 4 is 36.9 Å². The molecule has 0 aliphatic heterocycles. The van der Waals surface area contributed by atoms with Crippen LogP contribution < -0.4 is 4.72 Å². The van der Waals surface area contributed by atoms with E-state index in [2.05, 4.69) is 14.4 Å². The lowest BCUT2D eigenvalue weighted by Gasteiger charge is -2.15. The Kier molecular flexibility index (Phi) is 6.35. The second-order valence-electron chi connectivity index (χ2n) is 7.21. The average molecular weight is 466 g/mol. The van der Waals surface area contributed by atoms with Crippen molar-refractivity contribution in [2.24, 2.45) is 0 Å². The summed E-state index contributed by atoms with van der Waals surface area (Å²) in [7, 11) is -7.89. The highest BCUT2D eigenvalue weighted by Gasteiger charge is 2.22. The van der Waals surface area contributed by atoms with E-state index in [0.717, 1.165) is 11.1 Å². The second-order valence-corrected chi connectivity index (χ2v) is 10.9. The van der Waals surface area contributed by atoms with Gasteiger partial charge in [-0.1, -0.05) is 41.5 Å². The van der Waals surface area contributed by atoms with Crippen molar-refractivity contribution in [3.05, 3.63) is 100 Å². The zero-order valence-corrected chi connectivity index (χ0v) is 19.0. The van der Waals surface area contributed by atoms with E-state index in [4.69, 9.17) is 13.1 Å². The van der Waals surface area contributed by atoms with Gasteiger partial charge >= 0.3 is 0 Å². The summed E-state index contributed by atoms with van der Waals surface area (Å²) in [5.41, 5.74) is 1.68. The minimum atomic E-state index is -4.05. The third-order valence-electron chi connectivity index (χ3n) is 4.74. The molecule has 0 aliphatic carbocycles. The quantitative estimate of drug-likeness (QED) is 0.508. The van der Waals surface area contributed by atoms with Gasteiger partial charge in [-0.3, -0.25) is 14.4 Å². The molecule has 0 heterocycles. The Labute approximate surface area is 188 Å².